The zero-order chi connectivity index (χ0) is 29.1. The molecule has 2 bridgehead atoms. The van der Waals surface area contributed by atoms with Gasteiger partial charge in [-0.1, -0.05) is 0 Å². The molecular formula is C26H50N8O6. The van der Waals surface area contributed by atoms with Gasteiger partial charge in [-0.2, -0.15) is 0 Å². The maximum atomic E-state index is 12.8. The highest BCUT2D eigenvalue weighted by Gasteiger charge is 2.33. The Labute approximate surface area is 236 Å². The van der Waals surface area contributed by atoms with Crippen LogP contribution in [0.15, 0.2) is 0 Å². The van der Waals surface area contributed by atoms with E-state index >= 15 is 0 Å². The Bertz CT molecular complexity index is 719. The van der Waals surface area contributed by atoms with Crippen molar-refractivity contribution >= 4 is 23.8 Å². The van der Waals surface area contributed by atoms with Gasteiger partial charge in [-0.25, -0.2) is 0 Å². The molecule has 2 heterocycles. The van der Waals surface area contributed by atoms with Crippen LogP contribution in [-0.4, -0.2) is 117 Å². The number of hydrogen-bond acceptors (Lipinski definition) is 10. The van der Waals surface area contributed by atoms with Gasteiger partial charge in [0.1, 0.15) is 5.66 Å². The molecule has 0 atom stereocenters. The van der Waals surface area contributed by atoms with Crippen molar-refractivity contribution in [2.45, 2.75) is 69.0 Å². The minimum Gasteiger partial charge on any atom is -0.481 e. The molecule has 0 aliphatic carbocycles. The Morgan fingerprint density at radius 3 is 1.40 bits per heavy atom. The molecule has 40 heavy (non-hydrogen) atoms. The van der Waals surface area contributed by atoms with Gasteiger partial charge in [0.25, 0.3) is 0 Å². The third-order valence-electron chi connectivity index (χ3n) is 7.02. The fraction of sp³-hybridized carbons (Fsp3) is 0.846. The first-order valence-corrected chi connectivity index (χ1v) is 14.6. The van der Waals surface area contributed by atoms with Gasteiger partial charge in [0.15, 0.2) is 0 Å². The van der Waals surface area contributed by atoms with E-state index in [4.69, 9.17) is 10.2 Å². The summed E-state index contributed by atoms with van der Waals surface area (Å²) in [6, 6.07) is 0. The highest BCUT2D eigenvalue weighted by atomic mass is 16.4. The minimum absolute atomic E-state index is 0.0353. The van der Waals surface area contributed by atoms with Gasteiger partial charge in [-0.15, -0.1) is 0 Å². The summed E-state index contributed by atoms with van der Waals surface area (Å²) in [7, 11) is 0. The molecule has 0 unspecified atom stereocenters. The second-order valence-corrected chi connectivity index (χ2v) is 10.8. The number of rotatable bonds is 10. The molecule has 230 valence electrons. The SMILES string of the molecule is O=C(O)CCCC(=O)N[C@]12CNCCCNC[C@](NC(=O)CCCC(=O)O)(CNCCCNC1)NCCCNC2. The number of amides is 2. The molecule has 2 rings (SSSR count). The summed E-state index contributed by atoms with van der Waals surface area (Å²) in [4.78, 5) is 47.3. The Hall–Kier alpha value is -2.36. The normalized spacial score (nSPS) is 25.9. The number of carboxylic acid groups (broad SMARTS) is 2. The van der Waals surface area contributed by atoms with Crippen molar-refractivity contribution in [3.8, 4) is 0 Å². The first kappa shape index (κ1) is 33.8. The van der Waals surface area contributed by atoms with Crippen LogP contribution in [-0.2, 0) is 19.2 Å². The first-order chi connectivity index (χ1) is 19.2. The Morgan fingerprint density at radius 1 is 0.550 bits per heavy atom. The summed E-state index contributed by atoms with van der Waals surface area (Å²) in [6.07, 6.45) is 3.26. The molecule has 0 aromatic rings. The molecule has 2 aliphatic heterocycles. The highest BCUT2D eigenvalue weighted by Crippen LogP contribution is 2.07. The Morgan fingerprint density at radius 2 is 0.950 bits per heavy atom. The predicted molar refractivity (Wildman–Crippen MR) is 151 cm³/mol. The first-order valence-electron chi connectivity index (χ1n) is 14.6. The van der Waals surface area contributed by atoms with Gasteiger partial charge in [0.2, 0.25) is 11.8 Å². The van der Waals surface area contributed by atoms with Crippen LogP contribution in [0, 0.1) is 0 Å². The third-order valence-corrected chi connectivity index (χ3v) is 7.02. The van der Waals surface area contributed by atoms with Crippen LogP contribution in [0.25, 0.3) is 0 Å². The van der Waals surface area contributed by atoms with Crippen LogP contribution >= 0.6 is 0 Å². The third kappa shape index (κ3) is 14.3. The zero-order valence-corrected chi connectivity index (χ0v) is 23.7. The fourth-order valence-corrected chi connectivity index (χ4v) is 4.93. The lowest BCUT2D eigenvalue weighted by Crippen LogP contribution is -2.68. The van der Waals surface area contributed by atoms with E-state index in [1.54, 1.807) is 0 Å². The van der Waals surface area contributed by atoms with Crippen molar-refractivity contribution in [1.82, 2.24) is 42.5 Å². The van der Waals surface area contributed by atoms with Crippen molar-refractivity contribution in [2.24, 2.45) is 0 Å². The molecule has 0 aromatic heterocycles. The van der Waals surface area contributed by atoms with Crippen LogP contribution in [0.1, 0.15) is 57.8 Å². The minimum atomic E-state index is -0.910. The van der Waals surface area contributed by atoms with Crippen molar-refractivity contribution in [2.75, 3.05) is 72.0 Å². The van der Waals surface area contributed by atoms with E-state index in [0.29, 0.717) is 52.2 Å². The second-order valence-electron chi connectivity index (χ2n) is 10.8. The molecule has 10 N–H and O–H groups in total. The van der Waals surface area contributed by atoms with Crippen molar-refractivity contribution < 1.29 is 29.4 Å². The number of fused-ring (bicyclic) bond motifs is 7. The predicted octanol–water partition coefficient (Wildman–Crippen LogP) is -2.10. The number of carbonyl (C=O) groups is 4. The topological polar surface area (TPSA) is 205 Å². The average Bonchev–Trinajstić information content (AvgIpc) is 2.89. The van der Waals surface area contributed by atoms with Gasteiger partial charge < -0.3 is 47.4 Å². The molecule has 0 aromatic carbocycles. The van der Waals surface area contributed by atoms with Crippen LogP contribution in [0.4, 0.5) is 0 Å². The Balaban J connectivity index is 2.13. The quantitative estimate of drug-likeness (QED) is 0.137. The standard InChI is InChI=1S/C26H50N8O6/c35-21(6-1-8-23(37)38)33-25-16-27-10-3-12-30-19-26(32-15-5-14-29-18-25,20-31-13-4-11-28-17-25)34-22(36)7-2-9-24(39)40/h27-32H,1-20H2,(H,33,35)(H,34,36)(H,37,38)(H,39,40)/t25-,26+. The van der Waals surface area contributed by atoms with Crippen LogP contribution < -0.4 is 42.5 Å². The number of carbonyl (C=O) groups excluding carboxylic acids is 2. The van der Waals surface area contributed by atoms with Crippen LogP contribution in [0.5, 0.6) is 0 Å². The highest BCUT2D eigenvalue weighted by molar-refractivity contribution is 5.78. The molecule has 2 fully saturated rings. The molecule has 14 heteroatoms. The lowest BCUT2D eigenvalue weighted by atomic mass is 9.97. The van der Waals surface area contributed by atoms with E-state index in [2.05, 4.69) is 42.5 Å². The summed E-state index contributed by atoms with van der Waals surface area (Å²) < 4.78 is 0. The molecule has 0 spiro atoms. The number of aliphatic carboxylic acids is 2. The van der Waals surface area contributed by atoms with Gasteiger partial charge in [-0.3, -0.25) is 24.5 Å². The van der Waals surface area contributed by atoms with Gasteiger partial charge in [0.05, 0.1) is 5.54 Å². The fourth-order valence-electron chi connectivity index (χ4n) is 4.93. The second kappa shape index (κ2) is 18.9. The van der Waals surface area contributed by atoms with E-state index in [0.717, 1.165) is 45.4 Å². The molecule has 0 saturated carbocycles. The van der Waals surface area contributed by atoms with Crippen LogP contribution in [0.3, 0.4) is 0 Å². The molecule has 2 amide bonds. The van der Waals surface area contributed by atoms with E-state index in [-0.39, 0.29) is 43.9 Å². The maximum absolute atomic E-state index is 12.8. The lowest BCUT2D eigenvalue weighted by molar-refractivity contribution is -0.138. The van der Waals surface area contributed by atoms with E-state index in [1.807, 2.05) is 0 Å². The molecule has 0 radical (unpaired) electrons. The van der Waals surface area contributed by atoms with Crippen molar-refractivity contribution in [3.05, 3.63) is 0 Å². The summed E-state index contributed by atoms with van der Waals surface area (Å²) in [5, 5.41) is 45.1. The smallest absolute Gasteiger partial charge is 0.303 e. The Kier molecular flexibility index (Phi) is 16.0. The van der Waals surface area contributed by atoms with E-state index in [1.165, 1.54) is 0 Å². The van der Waals surface area contributed by atoms with Gasteiger partial charge >= 0.3 is 11.9 Å². The molecule has 2 aliphatic rings. The maximum Gasteiger partial charge on any atom is 0.303 e. The van der Waals surface area contributed by atoms with Crippen LogP contribution in [0.2, 0.25) is 0 Å². The molecule has 14 nitrogen and oxygen atoms in total. The number of hydrogen-bond donors (Lipinski definition) is 10. The monoisotopic (exact) mass is 570 g/mol. The number of carboxylic acids is 2. The largest absolute Gasteiger partial charge is 0.481 e. The molecule has 2 saturated heterocycles. The van der Waals surface area contributed by atoms with E-state index in [9.17, 15) is 19.2 Å². The summed E-state index contributed by atoms with van der Waals surface area (Å²) in [5.74, 6) is -2.15. The van der Waals surface area contributed by atoms with Crippen molar-refractivity contribution in [3.63, 3.8) is 0 Å². The van der Waals surface area contributed by atoms with E-state index < -0.39 is 23.1 Å². The number of nitrogens with one attached hydrogen (secondary N) is 8. The van der Waals surface area contributed by atoms with Crippen molar-refractivity contribution in [1.29, 1.82) is 0 Å². The summed E-state index contributed by atoms with van der Waals surface area (Å²) in [6.45, 7) is 6.89. The van der Waals surface area contributed by atoms with Gasteiger partial charge in [0, 0.05) is 58.4 Å². The lowest BCUT2D eigenvalue weighted by Gasteiger charge is -2.37. The summed E-state index contributed by atoms with van der Waals surface area (Å²) >= 11 is 0. The van der Waals surface area contributed by atoms with Gasteiger partial charge in [-0.05, 0) is 71.4 Å². The summed E-state index contributed by atoms with van der Waals surface area (Å²) in [5.41, 5.74) is -1.31. The average molecular weight is 571 g/mol. The zero-order valence-electron chi connectivity index (χ0n) is 23.7. The molecular weight excluding hydrogens is 520 g/mol.